The quantitative estimate of drug-likeness (QED) is 0.662. The maximum atomic E-state index is 6.69. The molecule has 3 rings (SSSR count). The first-order chi connectivity index (χ1) is 9.36. The first kappa shape index (κ1) is 12.5. The van der Waals surface area contributed by atoms with Crippen molar-refractivity contribution in [3.05, 3.63) is 90.0 Å². The Morgan fingerprint density at radius 3 is 1.95 bits per heavy atom. The van der Waals surface area contributed by atoms with Gasteiger partial charge in [0.25, 0.3) is 0 Å². The molecule has 1 aliphatic rings. The van der Waals surface area contributed by atoms with Crippen LogP contribution in [0.2, 0.25) is 0 Å². The van der Waals surface area contributed by atoms with Crippen molar-refractivity contribution in [2.45, 2.75) is 0 Å². The Kier molecular flexibility index (Phi) is 3.67. The third kappa shape index (κ3) is 2.58. The van der Waals surface area contributed by atoms with Gasteiger partial charge in [0.15, 0.2) is 0 Å². The molecule has 1 aliphatic heterocycles. The number of hydrogen-bond acceptors (Lipinski definition) is 0. The monoisotopic (exact) mass is 284 g/mol. The van der Waals surface area contributed by atoms with E-state index < -0.39 is 9.70 Å². The molecule has 0 aliphatic carbocycles. The predicted molar refractivity (Wildman–Crippen MR) is 87.6 cm³/mol. The van der Waals surface area contributed by atoms with E-state index in [1.54, 1.807) is 0 Å². The second kappa shape index (κ2) is 5.60. The Hall–Kier alpha value is -1.57. The topological polar surface area (TPSA) is 0 Å². The Morgan fingerprint density at radius 1 is 0.737 bits per heavy atom. The van der Waals surface area contributed by atoms with Gasteiger partial charge in [-0.2, -0.15) is 0 Å². The normalized spacial score (nSPS) is 18.3. The zero-order valence-electron chi connectivity index (χ0n) is 10.3. The summed E-state index contributed by atoms with van der Waals surface area (Å²) in [6, 6.07) is 20.7. The van der Waals surface area contributed by atoms with Crippen LogP contribution >= 0.6 is 20.4 Å². The SMILES string of the molecule is ClS1=C(c2ccccc2)C=CC=C1c1ccccc1. The Balaban J connectivity index is 2.09. The molecule has 0 amide bonds. The van der Waals surface area contributed by atoms with E-state index in [4.69, 9.17) is 10.7 Å². The van der Waals surface area contributed by atoms with Gasteiger partial charge in [0.2, 0.25) is 0 Å². The molecule has 0 saturated carbocycles. The average Bonchev–Trinajstić information content (AvgIpc) is 2.49. The third-order valence-corrected chi connectivity index (χ3v) is 5.51. The molecule has 1 atom stereocenters. The third-order valence-electron chi connectivity index (χ3n) is 3.00. The Labute approximate surface area is 120 Å². The highest BCUT2D eigenvalue weighted by atomic mass is 35.7. The largest absolute Gasteiger partial charge is 0.0622 e. The number of benzene rings is 2. The highest BCUT2D eigenvalue weighted by molar-refractivity contribution is 8.41. The van der Waals surface area contributed by atoms with E-state index in [9.17, 15) is 0 Å². The van der Waals surface area contributed by atoms with Crippen LogP contribution in [0.15, 0.2) is 78.9 Å². The van der Waals surface area contributed by atoms with E-state index in [1.165, 1.54) is 20.9 Å². The van der Waals surface area contributed by atoms with Gasteiger partial charge < -0.3 is 0 Å². The fourth-order valence-electron chi connectivity index (χ4n) is 2.07. The molecule has 2 aromatic carbocycles. The molecule has 0 N–H and O–H groups in total. The van der Waals surface area contributed by atoms with Crippen molar-refractivity contribution < 1.29 is 0 Å². The molecule has 0 radical (unpaired) electrons. The van der Waals surface area contributed by atoms with E-state index in [-0.39, 0.29) is 0 Å². The van der Waals surface area contributed by atoms with Gasteiger partial charge in [-0.05, 0) is 34.0 Å². The molecule has 0 fully saturated rings. The van der Waals surface area contributed by atoms with E-state index in [1.807, 2.05) is 36.4 Å². The lowest BCUT2D eigenvalue weighted by molar-refractivity contribution is 1.65. The Morgan fingerprint density at radius 2 is 1.32 bits per heavy atom. The van der Waals surface area contributed by atoms with Crippen molar-refractivity contribution in [3.63, 3.8) is 0 Å². The number of allylic oxidation sites excluding steroid dienone is 3. The first-order valence-corrected chi connectivity index (χ1v) is 8.18. The molecule has 1 heterocycles. The van der Waals surface area contributed by atoms with Crippen molar-refractivity contribution in [1.29, 1.82) is 0 Å². The van der Waals surface area contributed by atoms with Gasteiger partial charge in [0.05, 0.1) is 0 Å². The second-order valence-electron chi connectivity index (χ2n) is 4.24. The van der Waals surface area contributed by atoms with Crippen LogP contribution in [0.3, 0.4) is 0 Å². The minimum absolute atomic E-state index is 0.405. The van der Waals surface area contributed by atoms with Crippen LogP contribution in [0.5, 0.6) is 0 Å². The van der Waals surface area contributed by atoms with E-state index >= 15 is 0 Å². The first-order valence-electron chi connectivity index (χ1n) is 6.13. The lowest BCUT2D eigenvalue weighted by Gasteiger charge is -2.15. The minimum Gasteiger partial charge on any atom is -0.0622 e. The zero-order chi connectivity index (χ0) is 13.1. The predicted octanol–water partition coefficient (Wildman–Crippen LogP) is 5.24. The van der Waals surface area contributed by atoms with Gasteiger partial charge in [-0.25, -0.2) is 0 Å². The van der Waals surface area contributed by atoms with Crippen LogP contribution < -0.4 is 0 Å². The van der Waals surface area contributed by atoms with E-state index in [0.717, 1.165) is 0 Å². The molecule has 1 unspecified atom stereocenters. The molecule has 0 aromatic heterocycles. The smallest absolute Gasteiger partial charge is 0.0243 e. The summed E-state index contributed by atoms with van der Waals surface area (Å²) in [4.78, 5) is 2.37. The lowest BCUT2D eigenvalue weighted by atomic mass is 10.1. The summed E-state index contributed by atoms with van der Waals surface area (Å²) in [5.74, 6) is 0. The molecular formula is C17H13ClS. The van der Waals surface area contributed by atoms with Crippen molar-refractivity contribution in [3.8, 4) is 0 Å². The highest BCUT2D eigenvalue weighted by Crippen LogP contribution is 2.42. The lowest BCUT2D eigenvalue weighted by Crippen LogP contribution is -1.99. The molecule has 0 nitrogen and oxygen atoms in total. The van der Waals surface area contributed by atoms with Gasteiger partial charge in [-0.1, -0.05) is 76.4 Å². The summed E-state index contributed by atoms with van der Waals surface area (Å²) in [7, 11) is 6.28. The van der Waals surface area contributed by atoms with Crippen LogP contribution in [0.4, 0.5) is 0 Å². The fourth-order valence-corrected chi connectivity index (χ4v) is 4.23. The number of hydrogen-bond donors (Lipinski definition) is 0. The zero-order valence-corrected chi connectivity index (χ0v) is 11.9. The minimum atomic E-state index is -0.405. The van der Waals surface area contributed by atoms with Crippen molar-refractivity contribution >= 4 is 30.1 Å². The molecule has 0 spiro atoms. The number of halogens is 1. The van der Waals surface area contributed by atoms with Crippen molar-refractivity contribution in [1.82, 2.24) is 0 Å². The van der Waals surface area contributed by atoms with E-state index in [2.05, 4.69) is 42.5 Å². The van der Waals surface area contributed by atoms with E-state index in [0.29, 0.717) is 0 Å². The van der Waals surface area contributed by atoms with Crippen molar-refractivity contribution in [2.75, 3.05) is 0 Å². The highest BCUT2D eigenvalue weighted by Gasteiger charge is 2.12. The van der Waals surface area contributed by atoms with Gasteiger partial charge in [-0.3, -0.25) is 0 Å². The molecule has 19 heavy (non-hydrogen) atoms. The second-order valence-corrected chi connectivity index (χ2v) is 6.56. The van der Waals surface area contributed by atoms with Crippen LogP contribution in [0.25, 0.3) is 4.91 Å². The summed E-state index contributed by atoms with van der Waals surface area (Å²) in [5.41, 5.74) is 2.39. The molecule has 0 bridgehead atoms. The number of rotatable bonds is 2. The summed E-state index contributed by atoms with van der Waals surface area (Å²) >= 11 is 0. The van der Waals surface area contributed by atoms with Gasteiger partial charge in [0, 0.05) is 9.77 Å². The maximum Gasteiger partial charge on any atom is 0.0243 e. The van der Waals surface area contributed by atoms with Crippen LogP contribution in [0, 0.1) is 0 Å². The molecule has 0 saturated heterocycles. The average molecular weight is 285 g/mol. The van der Waals surface area contributed by atoms with Crippen LogP contribution in [0.1, 0.15) is 11.1 Å². The van der Waals surface area contributed by atoms with Gasteiger partial charge in [0.1, 0.15) is 0 Å². The summed E-state index contributed by atoms with van der Waals surface area (Å²) < 4.78 is 0. The standard InChI is InChI=1S/C17H13ClS/c18-19-16(14-8-3-1-4-9-14)12-7-13-17(19)15-10-5-2-6-11-15/h1-13H. The van der Waals surface area contributed by atoms with Gasteiger partial charge in [-0.15, -0.1) is 0 Å². The molecule has 2 heteroatoms. The van der Waals surface area contributed by atoms with Gasteiger partial charge >= 0.3 is 0 Å². The molecule has 2 aromatic rings. The van der Waals surface area contributed by atoms with Crippen LogP contribution in [-0.2, 0) is 0 Å². The Bertz CT molecular complexity index is 667. The fraction of sp³-hybridized carbons (Fsp3) is 0. The van der Waals surface area contributed by atoms with Crippen LogP contribution in [-0.4, -0.2) is 4.86 Å². The van der Waals surface area contributed by atoms with Crippen molar-refractivity contribution in [2.24, 2.45) is 0 Å². The maximum absolute atomic E-state index is 6.69. The molecular weight excluding hydrogens is 272 g/mol. The summed E-state index contributed by atoms with van der Waals surface area (Å²) in [5, 5.41) is 0. The summed E-state index contributed by atoms with van der Waals surface area (Å²) in [6.07, 6.45) is 6.30. The molecule has 94 valence electrons. The summed E-state index contributed by atoms with van der Waals surface area (Å²) in [6.45, 7) is 0.